The van der Waals surface area contributed by atoms with Crippen molar-refractivity contribution >= 4 is 28.1 Å². The SMILES string of the molecule is Cc1c([N+](=O)[O-])cccc1S(=O)(=O)N[C@H]1CCCNC1.Cl. The van der Waals surface area contributed by atoms with E-state index in [9.17, 15) is 18.5 Å². The Bertz CT molecular complexity index is 615. The van der Waals surface area contributed by atoms with Gasteiger partial charge in [-0.3, -0.25) is 10.1 Å². The second-order valence-corrected chi connectivity index (χ2v) is 6.50. The van der Waals surface area contributed by atoms with Crippen LogP contribution in [0.1, 0.15) is 18.4 Å². The van der Waals surface area contributed by atoms with E-state index in [1.807, 2.05) is 0 Å². The number of sulfonamides is 1. The molecule has 1 fully saturated rings. The smallest absolute Gasteiger partial charge is 0.273 e. The highest BCUT2D eigenvalue weighted by Crippen LogP contribution is 2.25. The molecule has 0 amide bonds. The van der Waals surface area contributed by atoms with E-state index < -0.39 is 14.9 Å². The van der Waals surface area contributed by atoms with Crippen LogP contribution < -0.4 is 10.0 Å². The Morgan fingerprint density at radius 3 is 2.71 bits per heavy atom. The zero-order chi connectivity index (χ0) is 14.8. The van der Waals surface area contributed by atoms with Crippen LogP contribution in [0.4, 0.5) is 5.69 Å². The maximum Gasteiger partial charge on any atom is 0.273 e. The lowest BCUT2D eigenvalue weighted by molar-refractivity contribution is -0.385. The molecule has 0 bridgehead atoms. The number of hydrogen-bond acceptors (Lipinski definition) is 5. The molecule has 0 radical (unpaired) electrons. The van der Waals surface area contributed by atoms with Crippen LogP contribution in [-0.2, 0) is 10.0 Å². The van der Waals surface area contributed by atoms with Crippen molar-refractivity contribution in [1.82, 2.24) is 10.0 Å². The van der Waals surface area contributed by atoms with Gasteiger partial charge in [0.15, 0.2) is 0 Å². The van der Waals surface area contributed by atoms with E-state index in [-0.39, 0.29) is 34.6 Å². The lowest BCUT2D eigenvalue weighted by Crippen LogP contribution is -2.45. The summed E-state index contributed by atoms with van der Waals surface area (Å²) >= 11 is 0. The molecule has 9 heteroatoms. The molecular weight excluding hydrogens is 318 g/mol. The molecule has 0 saturated carbocycles. The van der Waals surface area contributed by atoms with Crippen molar-refractivity contribution in [3.05, 3.63) is 33.9 Å². The van der Waals surface area contributed by atoms with Crippen molar-refractivity contribution in [3.8, 4) is 0 Å². The zero-order valence-electron chi connectivity index (χ0n) is 11.5. The summed E-state index contributed by atoms with van der Waals surface area (Å²) in [6, 6.07) is 3.91. The first-order valence-electron chi connectivity index (χ1n) is 6.39. The van der Waals surface area contributed by atoms with Gasteiger partial charge in [-0.05, 0) is 32.4 Å². The summed E-state index contributed by atoms with van der Waals surface area (Å²) in [5.74, 6) is 0. The van der Waals surface area contributed by atoms with E-state index in [1.54, 1.807) is 0 Å². The summed E-state index contributed by atoms with van der Waals surface area (Å²) in [6.45, 7) is 2.91. The number of nitrogens with zero attached hydrogens (tertiary/aromatic N) is 1. The minimum Gasteiger partial charge on any atom is -0.315 e. The number of nitro groups is 1. The molecule has 2 N–H and O–H groups in total. The summed E-state index contributed by atoms with van der Waals surface area (Å²) in [7, 11) is -3.74. The quantitative estimate of drug-likeness (QED) is 0.639. The van der Waals surface area contributed by atoms with Crippen molar-refractivity contribution in [1.29, 1.82) is 0 Å². The van der Waals surface area contributed by atoms with Crippen LogP contribution >= 0.6 is 12.4 Å². The second kappa shape index (κ2) is 7.17. The molecular formula is C12H18ClN3O4S. The van der Waals surface area contributed by atoms with Crippen molar-refractivity contribution < 1.29 is 13.3 Å². The third kappa shape index (κ3) is 4.13. The Labute approximate surface area is 129 Å². The van der Waals surface area contributed by atoms with Crippen LogP contribution in [0, 0.1) is 17.0 Å². The molecule has 118 valence electrons. The topological polar surface area (TPSA) is 101 Å². The van der Waals surface area contributed by atoms with Gasteiger partial charge in [-0.25, -0.2) is 13.1 Å². The highest BCUT2D eigenvalue weighted by Gasteiger charge is 2.26. The predicted octanol–water partition coefficient (Wildman–Crippen LogP) is 1.36. The molecule has 1 aliphatic heterocycles. The lowest BCUT2D eigenvalue weighted by atomic mass is 10.1. The fraction of sp³-hybridized carbons (Fsp3) is 0.500. The number of nitrogens with one attached hydrogen (secondary N) is 2. The number of nitro benzene ring substituents is 1. The molecule has 7 nitrogen and oxygen atoms in total. The molecule has 1 saturated heterocycles. The van der Waals surface area contributed by atoms with Crippen molar-refractivity contribution in [2.45, 2.75) is 30.7 Å². The summed E-state index contributed by atoms with van der Waals surface area (Å²) in [5, 5.41) is 14.0. The second-order valence-electron chi connectivity index (χ2n) is 4.82. The molecule has 0 spiro atoms. The lowest BCUT2D eigenvalue weighted by Gasteiger charge is -2.23. The van der Waals surface area contributed by atoms with E-state index in [1.165, 1.54) is 25.1 Å². The highest BCUT2D eigenvalue weighted by atomic mass is 35.5. The van der Waals surface area contributed by atoms with Crippen molar-refractivity contribution in [2.24, 2.45) is 0 Å². The summed E-state index contributed by atoms with van der Waals surface area (Å²) in [5.41, 5.74) is -0.0246. The van der Waals surface area contributed by atoms with Gasteiger partial charge in [0.2, 0.25) is 10.0 Å². The van der Waals surface area contributed by atoms with Crippen LogP contribution in [0.25, 0.3) is 0 Å². The monoisotopic (exact) mass is 335 g/mol. The van der Waals surface area contributed by atoms with Gasteiger partial charge in [0.25, 0.3) is 5.69 Å². The average molecular weight is 336 g/mol. The maximum atomic E-state index is 12.3. The fourth-order valence-corrected chi connectivity index (χ4v) is 3.86. The zero-order valence-corrected chi connectivity index (χ0v) is 13.2. The predicted molar refractivity (Wildman–Crippen MR) is 81.3 cm³/mol. The minimum atomic E-state index is -3.74. The first-order chi connectivity index (χ1) is 9.42. The summed E-state index contributed by atoms with van der Waals surface area (Å²) in [6.07, 6.45) is 1.67. The molecule has 1 aromatic carbocycles. The normalized spacial score (nSPS) is 18.8. The van der Waals surface area contributed by atoms with E-state index in [0.29, 0.717) is 6.54 Å². The van der Waals surface area contributed by atoms with E-state index >= 15 is 0 Å². The molecule has 0 aliphatic carbocycles. The number of hydrogen-bond donors (Lipinski definition) is 2. The number of rotatable bonds is 4. The third-order valence-corrected chi connectivity index (χ3v) is 5.03. The van der Waals surface area contributed by atoms with Crippen molar-refractivity contribution in [2.75, 3.05) is 13.1 Å². The first kappa shape index (κ1) is 17.8. The fourth-order valence-electron chi connectivity index (χ4n) is 2.33. The van der Waals surface area contributed by atoms with Gasteiger partial charge >= 0.3 is 0 Å². The highest BCUT2D eigenvalue weighted by molar-refractivity contribution is 7.89. The van der Waals surface area contributed by atoms with Crippen LogP contribution in [-0.4, -0.2) is 32.5 Å². The molecule has 21 heavy (non-hydrogen) atoms. The van der Waals surface area contributed by atoms with E-state index in [4.69, 9.17) is 0 Å². The van der Waals surface area contributed by atoms with Gasteiger partial charge < -0.3 is 5.32 Å². The number of halogens is 1. The Balaban J connectivity index is 0.00000220. The number of benzene rings is 1. The number of piperidine rings is 1. The third-order valence-electron chi connectivity index (χ3n) is 3.36. The molecule has 0 unspecified atom stereocenters. The standard InChI is InChI=1S/C12H17N3O4S.ClH/c1-9-11(15(16)17)5-2-6-12(9)20(18,19)14-10-4-3-7-13-8-10;/h2,5-6,10,13-14H,3-4,7-8H2,1H3;1H/t10-;/m0./s1. The molecule has 0 aromatic heterocycles. The minimum absolute atomic E-state index is 0. The molecule has 1 heterocycles. The van der Waals surface area contributed by atoms with E-state index in [2.05, 4.69) is 10.0 Å². The average Bonchev–Trinajstić information content (AvgIpc) is 2.39. The van der Waals surface area contributed by atoms with Gasteiger partial charge in [0.1, 0.15) is 0 Å². The van der Waals surface area contributed by atoms with Crippen LogP contribution in [0.3, 0.4) is 0 Å². The van der Waals surface area contributed by atoms with Gasteiger partial charge in [-0.2, -0.15) is 0 Å². The van der Waals surface area contributed by atoms with Gasteiger partial charge in [0.05, 0.1) is 9.82 Å². The van der Waals surface area contributed by atoms with Crippen LogP contribution in [0.15, 0.2) is 23.1 Å². The van der Waals surface area contributed by atoms with Crippen LogP contribution in [0.2, 0.25) is 0 Å². The molecule has 1 atom stereocenters. The molecule has 2 rings (SSSR count). The maximum absolute atomic E-state index is 12.3. The Morgan fingerprint density at radius 1 is 1.43 bits per heavy atom. The molecule has 1 aromatic rings. The first-order valence-corrected chi connectivity index (χ1v) is 7.87. The van der Waals surface area contributed by atoms with Gasteiger partial charge in [0, 0.05) is 24.2 Å². The Hall–Kier alpha value is -1.22. The molecule has 1 aliphatic rings. The Morgan fingerprint density at radius 2 is 2.14 bits per heavy atom. The van der Waals surface area contributed by atoms with Gasteiger partial charge in [-0.15, -0.1) is 12.4 Å². The van der Waals surface area contributed by atoms with Crippen LogP contribution in [0.5, 0.6) is 0 Å². The van der Waals surface area contributed by atoms with Crippen molar-refractivity contribution in [3.63, 3.8) is 0 Å². The van der Waals surface area contributed by atoms with E-state index in [0.717, 1.165) is 19.4 Å². The van der Waals surface area contributed by atoms with Gasteiger partial charge in [-0.1, -0.05) is 6.07 Å². The Kier molecular flexibility index (Phi) is 6.09. The summed E-state index contributed by atoms with van der Waals surface area (Å²) < 4.78 is 27.3. The summed E-state index contributed by atoms with van der Waals surface area (Å²) in [4.78, 5) is 10.3. The largest absolute Gasteiger partial charge is 0.315 e.